The molecule has 0 amide bonds. The van der Waals surface area contributed by atoms with Crippen molar-refractivity contribution in [1.82, 2.24) is 4.90 Å². The number of benzene rings is 1. The van der Waals surface area contributed by atoms with Crippen molar-refractivity contribution in [2.24, 2.45) is 5.41 Å². The standard InChI is InChI=1S/C15H20FNO2/c1-11-8-12(4-5-13(11)16)9-17(2)10-15(6-7-15)14(18)19-3/h4-5,8H,6-7,9-10H2,1-3H3. The number of methoxy groups -OCH3 is 1. The molecule has 1 aliphatic carbocycles. The zero-order chi connectivity index (χ0) is 14.0. The maximum atomic E-state index is 13.2. The summed E-state index contributed by atoms with van der Waals surface area (Å²) >= 11 is 0. The van der Waals surface area contributed by atoms with E-state index in [4.69, 9.17) is 4.74 Å². The van der Waals surface area contributed by atoms with Crippen molar-refractivity contribution in [2.45, 2.75) is 26.3 Å². The molecule has 3 nitrogen and oxygen atoms in total. The van der Waals surface area contributed by atoms with Crippen LogP contribution in [0.25, 0.3) is 0 Å². The minimum absolute atomic E-state index is 0.116. The van der Waals surface area contributed by atoms with Crippen LogP contribution in [0.1, 0.15) is 24.0 Å². The van der Waals surface area contributed by atoms with E-state index in [1.165, 1.54) is 13.2 Å². The highest BCUT2D eigenvalue weighted by atomic mass is 19.1. The lowest BCUT2D eigenvalue weighted by atomic mass is 10.1. The van der Waals surface area contributed by atoms with E-state index in [9.17, 15) is 9.18 Å². The van der Waals surface area contributed by atoms with Gasteiger partial charge in [-0.15, -0.1) is 0 Å². The zero-order valence-corrected chi connectivity index (χ0v) is 11.7. The lowest BCUT2D eigenvalue weighted by molar-refractivity contribution is -0.147. The summed E-state index contributed by atoms with van der Waals surface area (Å²) in [6.45, 7) is 3.16. The van der Waals surface area contributed by atoms with E-state index in [-0.39, 0.29) is 17.2 Å². The number of hydrogen-bond acceptors (Lipinski definition) is 3. The molecular formula is C15H20FNO2. The molecule has 1 saturated carbocycles. The molecule has 0 aromatic heterocycles. The molecule has 0 radical (unpaired) electrons. The van der Waals surface area contributed by atoms with Gasteiger partial charge in [-0.3, -0.25) is 4.79 Å². The maximum absolute atomic E-state index is 13.2. The molecule has 0 aliphatic heterocycles. The number of esters is 1. The molecule has 0 atom stereocenters. The molecule has 2 rings (SSSR count). The number of nitrogens with zero attached hydrogens (tertiary/aromatic N) is 1. The number of halogens is 1. The Kier molecular flexibility index (Phi) is 3.90. The largest absolute Gasteiger partial charge is 0.469 e. The van der Waals surface area contributed by atoms with Crippen LogP contribution >= 0.6 is 0 Å². The van der Waals surface area contributed by atoms with Crippen LogP contribution in [0.4, 0.5) is 4.39 Å². The first-order valence-electron chi connectivity index (χ1n) is 6.49. The van der Waals surface area contributed by atoms with Gasteiger partial charge in [-0.05, 0) is 44.0 Å². The van der Waals surface area contributed by atoms with Crippen LogP contribution in [-0.4, -0.2) is 31.6 Å². The highest BCUT2D eigenvalue weighted by Crippen LogP contribution is 2.47. The summed E-state index contributed by atoms with van der Waals surface area (Å²) in [5.41, 5.74) is 1.40. The van der Waals surface area contributed by atoms with Crippen molar-refractivity contribution in [3.05, 3.63) is 35.1 Å². The van der Waals surface area contributed by atoms with Gasteiger partial charge in [0.15, 0.2) is 0 Å². The smallest absolute Gasteiger partial charge is 0.313 e. The predicted octanol–water partition coefficient (Wildman–Crippen LogP) is 2.52. The molecule has 0 spiro atoms. The number of hydrogen-bond donors (Lipinski definition) is 0. The highest BCUT2D eigenvalue weighted by molar-refractivity contribution is 5.80. The number of ether oxygens (including phenoxy) is 1. The van der Waals surface area contributed by atoms with Crippen molar-refractivity contribution in [3.8, 4) is 0 Å². The van der Waals surface area contributed by atoms with Crippen LogP contribution in [0.5, 0.6) is 0 Å². The van der Waals surface area contributed by atoms with Gasteiger partial charge >= 0.3 is 5.97 Å². The monoisotopic (exact) mass is 265 g/mol. The summed E-state index contributed by atoms with van der Waals surface area (Å²) < 4.78 is 18.0. The van der Waals surface area contributed by atoms with Crippen LogP contribution in [0.3, 0.4) is 0 Å². The minimum atomic E-state index is -0.307. The number of aryl methyl sites for hydroxylation is 1. The van der Waals surface area contributed by atoms with E-state index in [2.05, 4.69) is 4.90 Å². The molecule has 19 heavy (non-hydrogen) atoms. The lowest BCUT2D eigenvalue weighted by Gasteiger charge is -2.22. The van der Waals surface area contributed by atoms with Gasteiger partial charge in [0, 0.05) is 13.1 Å². The Balaban J connectivity index is 1.96. The number of rotatable bonds is 5. The molecule has 0 saturated heterocycles. The fourth-order valence-electron chi connectivity index (χ4n) is 2.48. The first kappa shape index (κ1) is 14.0. The lowest BCUT2D eigenvalue weighted by Crippen LogP contribution is -2.32. The second kappa shape index (κ2) is 5.29. The van der Waals surface area contributed by atoms with Gasteiger partial charge in [0.25, 0.3) is 0 Å². The second-order valence-corrected chi connectivity index (χ2v) is 5.53. The Labute approximate surface area is 113 Å². The summed E-state index contributed by atoms with van der Waals surface area (Å²) in [6.07, 6.45) is 1.79. The molecule has 0 heterocycles. The molecule has 104 valence electrons. The molecule has 1 fully saturated rings. The van der Waals surface area contributed by atoms with Crippen LogP contribution in [-0.2, 0) is 16.1 Å². The van der Waals surface area contributed by atoms with E-state index in [0.29, 0.717) is 18.7 Å². The Morgan fingerprint density at radius 1 is 1.47 bits per heavy atom. The van der Waals surface area contributed by atoms with Gasteiger partial charge in [-0.25, -0.2) is 4.39 Å². The molecule has 1 aromatic rings. The molecule has 0 unspecified atom stereocenters. The highest BCUT2D eigenvalue weighted by Gasteiger charge is 2.51. The summed E-state index contributed by atoms with van der Waals surface area (Å²) in [5.74, 6) is -0.297. The van der Waals surface area contributed by atoms with Gasteiger partial charge in [0.05, 0.1) is 12.5 Å². The summed E-state index contributed by atoms with van der Waals surface area (Å²) in [5, 5.41) is 0. The molecule has 1 aromatic carbocycles. The Hall–Kier alpha value is -1.42. The van der Waals surface area contributed by atoms with E-state index in [0.717, 1.165) is 18.4 Å². The third kappa shape index (κ3) is 3.13. The molecule has 0 N–H and O–H groups in total. The first-order valence-corrected chi connectivity index (χ1v) is 6.49. The Morgan fingerprint density at radius 2 is 2.16 bits per heavy atom. The first-order chi connectivity index (χ1) is 8.97. The van der Waals surface area contributed by atoms with Crippen LogP contribution < -0.4 is 0 Å². The average molecular weight is 265 g/mol. The normalized spacial score (nSPS) is 16.5. The van der Waals surface area contributed by atoms with E-state index in [1.807, 2.05) is 13.1 Å². The van der Waals surface area contributed by atoms with Crippen LogP contribution in [0, 0.1) is 18.2 Å². The number of carbonyl (C=O) groups excluding carboxylic acids is 1. The minimum Gasteiger partial charge on any atom is -0.469 e. The van der Waals surface area contributed by atoms with E-state index in [1.54, 1.807) is 13.0 Å². The summed E-state index contributed by atoms with van der Waals surface area (Å²) in [7, 11) is 3.41. The molecular weight excluding hydrogens is 245 g/mol. The molecule has 4 heteroatoms. The van der Waals surface area contributed by atoms with Gasteiger partial charge in [0.2, 0.25) is 0 Å². The van der Waals surface area contributed by atoms with E-state index < -0.39 is 0 Å². The third-order valence-corrected chi connectivity index (χ3v) is 3.72. The van der Waals surface area contributed by atoms with Crippen molar-refractivity contribution in [3.63, 3.8) is 0 Å². The van der Waals surface area contributed by atoms with Gasteiger partial charge in [-0.2, -0.15) is 0 Å². The molecule has 0 bridgehead atoms. The Morgan fingerprint density at radius 3 is 2.68 bits per heavy atom. The summed E-state index contributed by atoms with van der Waals surface area (Å²) in [6, 6.07) is 5.13. The van der Waals surface area contributed by atoms with Crippen molar-refractivity contribution in [1.29, 1.82) is 0 Å². The van der Waals surface area contributed by atoms with Crippen LogP contribution in [0.15, 0.2) is 18.2 Å². The van der Waals surface area contributed by atoms with Gasteiger partial charge in [0.1, 0.15) is 5.82 Å². The number of carbonyl (C=O) groups is 1. The zero-order valence-electron chi connectivity index (χ0n) is 11.7. The fourth-order valence-corrected chi connectivity index (χ4v) is 2.48. The maximum Gasteiger partial charge on any atom is 0.313 e. The SMILES string of the molecule is COC(=O)C1(CN(C)Cc2ccc(F)c(C)c2)CC1. The quantitative estimate of drug-likeness (QED) is 0.766. The van der Waals surface area contributed by atoms with Gasteiger partial charge in [-0.1, -0.05) is 12.1 Å². The van der Waals surface area contributed by atoms with Crippen molar-refractivity contribution >= 4 is 5.97 Å². The van der Waals surface area contributed by atoms with Crippen molar-refractivity contribution < 1.29 is 13.9 Å². The topological polar surface area (TPSA) is 29.5 Å². The van der Waals surface area contributed by atoms with Crippen LogP contribution in [0.2, 0.25) is 0 Å². The summed E-state index contributed by atoms with van der Waals surface area (Å²) in [4.78, 5) is 13.8. The van der Waals surface area contributed by atoms with Crippen molar-refractivity contribution in [2.75, 3.05) is 20.7 Å². The Bertz CT molecular complexity index is 483. The fraction of sp³-hybridized carbons (Fsp3) is 0.533. The average Bonchev–Trinajstić information content (AvgIpc) is 3.13. The predicted molar refractivity (Wildman–Crippen MR) is 71.2 cm³/mol. The third-order valence-electron chi connectivity index (χ3n) is 3.72. The van der Waals surface area contributed by atoms with Gasteiger partial charge < -0.3 is 9.64 Å². The second-order valence-electron chi connectivity index (χ2n) is 5.53. The van der Waals surface area contributed by atoms with E-state index >= 15 is 0 Å². The molecule has 1 aliphatic rings.